The Labute approximate surface area is 85.1 Å². The van der Waals surface area contributed by atoms with E-state index in [1.165, 1.54) is 5.56 Å². The monoisotopic (exact) mass is 191 g/mol. The van der Waals surface area contributed by atoms with Gasteiger partial charge in [0.05, 0.1) is 0 Å². The molecule has 14 heavy (non-hydrogen) atoms. The number of Topliss-reactive ketones (excluding diaryl/α,β-unsaturated/α-hetero) is 1. The molecule has 0 amide bonds. The van der Waals surface area contributed by atoms with Crippen molar-refractivity contribution in [3.05, 3.63) is 29.3 Å². The van der Waals surface area contributed by atoms with Crippen LogP contribution in [0.25, 0.3) is 0 Å². The zero-order valence-electron chi connectivity index (χ0n) is 9.00. The number of nitrogen functional groups attached to an aromatic ring is 1. The number of benzene rings is 1. The highest BCUT2D eigenvalue weighted by Crippen LogP contribution is 2.21. The summed E-state index contributed by atoms with van der Waals surface area (Å²) in [5, 5.41) is 0. The Morgan fingerprint density at radius 2 is 2.07 bits per heavy atom. The SMILES string of the molecule is CCC(=O)c1ccc(C(C)C)cc1N. The molecule has 0 spiro atoms. The summed E-state index contributed by atoms with van der Waals surface area (Å²) in [4.78, 5) is 11.4. The van der Waals surface area contributed by atoms with Crippen molar-refractivity contribution in [2.45, 2.75) is 33.1 Å². The maximum atomic E-state index is 11.4. The quantitative estimate of drug-likeness (QED) is 0.589. The Kier molecular flexibility index (Phi) is 3.28. The van der Waals surface area contributed by atoms with Crippen LogP contribution in [0.4, 0.5) is 5.69 Å². The maximum Gasteiger partial charge on any atom is 0.164 e. The van der Waals surface area contributed by atoms with Crippen molar-refractivity contribution in [3.8, 4) is 0 Å². The number of nitrogens with two attached hydrogens (primary N) is 1. The van der Waals surface area contributed by atoms with Gasteiger partial charge in [-0.05, 0) is 23.6 Å². The minimum atomic E-state index is 0.109. The number of ketones is 1. The number of anilines is 1. The van der Waals surface area contributed by atoms with Gasteiger partial charge in [-0.1, -0.05) is 26.8 Å². The van der Waals surface area contributed by atoms with Crippen LogP contribution >= 0.6 is 0 Å². The first-order valence-corrected chi connectivity index (χ1v) is 4.98. The molecule has 0 heterocycles. The molecule has 76 valence electrons. The van der Waals surface area contributed by atoms with Crippen LogP contribution in [0.3, 0.4) is 0 Å². The van der Waals surface area contributed by atoms with Gasteiger partial charge >= 0.3 is 0 Å². The predicted octanol–water partition coefficient (Wildman–Crippen LogP) is 2.98. The fraction of sp³-hybridized carbons (Fsp3) is 0.417. The van der Waals surface area contributed by atoms with E-state index in [1.807, 2.05) is 25.1 Å². The third kappa shape index (κ3) is 2.13. The van der Waals surface area contributed by atoms with E-state index in [-0.39, 0.29) is 5.78 Å². The lowest BCUT2D eigenvalue weighted by molar-refractivity contribution is 0.0989. The summed E-state index contributed by atoms with van der Waals surface area (Å²) in [5.74, 6) is 0.556. The molecular formula is C12H17NO. The summed E-state index contributed by atoms with van der Waals surface area (Å²) in [5.41, 5.74) is 8.24. The summed E-state index contributed by atoms with van der Waals surface area (Å²) in [6, 6.07) is 5.70. The highest BCUT2D eigenvalue weighted by atomic mass is 16.1. The third-order valence-electron chi connectivity index (χ3n) is 2.36. The standard InChI is InChI=1S/C12H17NO/c1-4-12(14)10-6-5-9(8(2)3)7-11(10)13/h5-8H,4,13H2,1-3H3. The van der Waals surface area contributed by atoms with Gasteiger partial charge in [0.2, 0.25) is 0 Å². The molecule has 0 aliphatic heterocycles. The van der Waals surface area contributed by atoms with Crippen LogP contribution in [0.15, 0.2) is 18.2 Å². The second-order valence-electron chi connectivity index (χ2n) is 3.78. The Morgan fingerprint density at radius 1 is 1.43 bits per heavy atom. The first kappa shape index (κ1) is 10.8. The zero-order valence-corrected chi connectivity index (χ0v) is 9.00. The molecule has 1 rings (SSSR count). The van der Waals surface area contributed by atoms with E-state index in [1.54, 1.807) is 0 Å². The molecule has 0 unspecified atom stereocenters. The number of carbonyl (C=O) groups is 1. The van der Waals surface area contributed by atoms with Gasteiger partial charge < -0.3 is 5.73 Å². The van der Waals surface area contributed by atoms with E-state index >= 15 is 0 Å². The topological polar surface area (TPSA) is 43.1 Å². The first-order valence-electron chi connectivity index (χ1n) is 4.98. The fourth-order valence-electron chi connectivity index (χ4n) is 1.38. The van der Waals surface area contributed by atoms with Crippen LogP contribution in [-0.2, 0) is 0 Å². The van der Waals surface area contributed by atoms with Gasteiger partial charge in [0, 0.05) is 17.7 Å². The Morgan fingerprint density at radius 3 is 2.50 bits per heavy atom. The summed E-state index contributed by atoms with van der Waals surface area (Å²) in [6.45, 7) is 6.06. The molecule has 1 aromatic carbocycles. The zero-order chi connectivity index (χ0) is 10.7. The van der Waals surface area contributed by atoms with Gasteiger partial charge in [0.1, 0.15) is 0 Å². The van der Waals surface area contributed by atoms with Crippen LogP contribution in [0, 0.1) is 0 Å². The summed E-state index contributed by atoms with van der Waals surface area (Å²) < 4.78 is 0. The van der Waals surface area contributed by atoms with Crippen LogP contribution < -0.4 is 5.73 Å². The van der Waals surface area contributed by atoms with Crippen LogP contribution in [0.2, 0.25) is 0 Å². The smallest absolute Gasteiger partial charge is 0.164 e. The van der Waals surface area contributed by atoms with Crippen molar-refractivity contribution in [2.75, 3.05) is 5.73 Å². The van der Waals surface area contributed by atoms with Crippen molar-refractivity contribution in [2.24, 2.45) is 0 Å². The van der Waals surface area contributed by atoms with Gasteiger partial charge in [-0.3, -0.25) is 4.79 Å². The number of hydrogen-bond donors (Lipinski definition) is 1. The van der Waals surface area contributed by atoms with Crippen molar-refractivity contribution in [3.63, 3.8) is 0 Å². The highest BCUT2D eigenvalue weighted by molar-refractivity contribution is 6.00. The number of rotatable bonds is 3. The van der Waals surface area contributed by atoms with Gasteiger partial charge in [-0.2, -0.15) is 0 Å². The Bertz CT molecular complexity index is 342. The Hall–Kier alpha value is -1.31. The molecular weight excluding hydrogens is 174 g/mol. The van der Waals surface area contributed by atoms with Gasteiger partial charge in [-0.15, -0.1) is 0 Å². The lowest BCUT2D eigenvalue weighted by Crippen LogP contribution is -2.03. The molecule has 0 saturated carbocycles. The average molecular weight is 191 g/mol. The molecule has 0 bridgehead atoms. The number of carbonyl (C=O) groups excluding carboxylic acids is 1. The van der Waals surface area contributed by atoms with Crippen LogP contribution in [0.5, 0.6) is 0 Å². The number of hydrogen-bond acceptors (Lipinski definition) is 2. The molecule has 0 aliphatic rings. The predicted molar refractivity (Wildman–Crippen MR) is 59.6 cm³/mol. The molecule has 0 radical (unpaired) electrons. The average Bonchev–Trinajstić information content (AvgIpc) is 2.16. The maximum absolute atomic E-state index is 11.4. The lowest BCUT2D eigenvalue weighted by atomic mass is 9.98. The molecule has 0 aromatic heterocycles. The second kappa shape index (κ2) is 4.27. The van der Waals surface area contributed by atoms with Crippen LogP contribution in [0.1, 0.15) is 49.0 Å². The fourth-order valence-corrected chi connectivity index (χ4v) is 1.38. The minimum Gasteiger partial charge on any atom is -0.398 e. The second-order valence-corrected chi connectivity index (χ2v) is 3.78. The molecule has 0 atom stereocenters. The lowest BCUT2D eigenvalue weighted by Gasteiger charge is -2.09. The summed E-state index contributed by atoms with van der Waals surface area (Å²) in [6.07, 6.45) is 0.505. The summed E-state index contributed by atoms with van der Waals surface area (Å²) >= 11 is 0. The van der Waals surface area contributed by atoms with E-state index in [2.05, 4.69) is 13.8 Å². The van der Waals surface area contributed by atoms with Crippen molar-refractivity contribution < 1.29 is 4.79 Å². The van der Waals surface area contributed by atoms with Gasteiger partial charge in [0.25, 0.3) is 0 Å². The van der Waals surface area contributed by atoms with E-state index in [0.717, 1.165) is 0 Å². The van der Waals surface area contributed by atoms with Crippen molar-refractivity contribution >= 4 is 11.5 Å². The normalized spacial score (nSPS) is 10.6. The molecule has 0 aliphatic carbocycles. The third-order valence-corrected chi connectivity index (χ3v) is 2.36. The summed E-state index contributed by atoms with van der Waals surface area (Å²) in [7, 11) is 0. The van der Waals surface area contributed by atoms with Crippen molar-refractivity contribution in [1.29, 1.82) is 0 Å². The van der Waals surface area contributed by atoms with Gasteiger partial charge in [-0.25, -0.2) is 0 Å². The molecule has 0 fully saturated rings. The minimum absolute atomic E-state index is 0.109. The van der Waals surface area contributed by atoms with E-state index in [0.29, 0.717) is 23.6 Å². The first-order chi connectivity index (χ1) is 6.56. The molecule has 2 N–H and O–H groups in total. The van der Waals surface area contributed by atoms with E-state index in [4.69, 9.17) is 5.73 Å². The largest absolute Gasteiger partial charge is 0.398 e. The van der Waals surface area contributed by atoms with Gasteiger partial charge in [0.15, 0.2) is 5.78 Å². The molecule has 0 saturated heterocycles. The highest BCUT2D eigenvalue weighted by Gasteiger charge is 2.08. The Balaban J connectivity index is 3.07. The van der Waals surface area contributed by atoms with Crippen molar-refractivity contribution in [1.82, 2.24) is 0 Å². The van der Waals surface area contributed by atoms with E-state index < -0.39 is 0 Å². The molecule has 2 nitrogen and oxygen atoms in total. The van der Waals surface area contributed by atoms with Crippen LogP contribution in [-0.4, -0.2) is 5.78 Å². The molecule has 2 heteroatoms. The molecule has 1 aromatic rings. The van der Waals surface area contributed by atoms with E-state index in [9.17, 15) is 4.79 Å².